The van der Waals surface area contributed by atoms with Crippen LogP contribution < -0.4 is 5.73 Å². The monoisotopic (exact) mass is 170 g/mol. The zero-order valence-corrected chi connectivity index (χ0v) is 8.64. The van der Waals surface area contributed by atoms with Crippen molar-refractivity contribution in [3.63, 3.8) is 0 Å². The molecule has 1 atom stereocenters. The van der Waals surface area contributed by atoms with Crippen molar-refractivity contribution in [2.45, 2.75) is 51.1 Å². The molecular weight excluding hydrogens is 148 g/mol. The average molecular weight is 170 g/mol. The zero-order chi connectivity index (χ0) is 9.19. The molecule has 1 saturated carbocycles. The van der Waals surface area contributed by atoms with E-state index >= 15 is 0 Å². The van der Waals surface area contributed by atoms with Crippen molar-refractivity contribution in [1.29, 1.82) is 0 Å². The first-order valence-electron chi connectivity index (χ1n) is 5.04. The minimum Gasteiger partial charge on any atom is -0.324 e. The van der Waals surface area contributed by atoms with Crippen molar-refractivity contribution < 1.29 is 0 Å². The number of hydrogen-bond donors (Lipinski definition) is 1. The van der Waals surface area contributed by atoms with Gasteiger partial charge in [-0.15, -0.1) is 0 Å². The van der Waals surface area contributed by atoms with E-state index in [9.17, 15) is 0 Å². The molecule has 2 N–H and O–H groups in total. The highest BCUT2D eigenvalue weighted by Crippen LogP contribution is 2.26. The molecule has 2 nitrogen and oxygen atoms in total. The molecule has 0 radical (unpaired) electrons. The lowest BCUT2D eigenvalue weighted by Gasteiger charge is -2.29. The summed E-state index contributed by atoms with van der Waals surface area (Å²) in [6.45, 7) is 5.41. The molecule has 0 aliphatic heterocycles. The second-order valence-corrected chi connectivity index (χ2v) is 4.55. The number of nitrogens with zero attached hydrogens (tertiary/aromatic N) is 1. The fourth-order valence-corrected chi connectivity index (χ4v) is 1.86. The van der Waals surface area contributed by atoms with E-state index in [0.29, 0.717) is 0 Å². The zero-order valence-electron chi connectivity index (χ0n) is 8.64. The van der Waals surface area contributed by atoms with Crippen molar-refractivity contribution in [2.24, 2.45) is 5.73 Å². The van der Waals surface area contributed by atoms with E-state index in [1.807, 2.05) is 0 Å². The second kappa shape index (κ2) is 3.75. The van der Waals surface area contributed by atoms with Crippen molar-refractivity contribution >= 4 is 0 Å². The first-order valence-corrected chi connectivity index (χ1v) is 5.04. The molecule has 0 saturated heterocycles. The lowest BCUT2D eigenvalue weighted by molar-refractivity contribution is 0.239. The van der Waals surface area contributed by atoms with Crippen LogP contribution >= 0.6 is 0 Å². The minimum absolute atomic E-state index is 0.0199. The molecule has 2 heteroatoms. The van der Waals surface area contributed by atoms with E-state index in [2.05, 4.69) is 25.8 Å². The summed E-state index contributed by atoms with van der Waals surface area (Å²) in [5.41, 5.74) is 6.17. The molecule has 0 aromatic carbocycles. The van der Waals surface area contributed by atoms with Gasteiger partial charge in [0.15, 0.2) is 0 Å². The Bertz CT molecular complexity index is 139. The minimum atomic E-state index is 0.0199. The van der Waals surface area contributed by atoms with Crippen LogP contribution in [0.5, 0.6) is 0 Å². The normalized spacial score (nSPS) is 22.8. The van der Waals surface area contributed by atoms with Gasteiger partial charge in [0.1, 0.15) is 0 Å². The Morgan fingerprint density at radius 2 is 2.08 bits per heavy atom. The van der Waals surface area contributed by atoms with Gasteiger partial charge in [0.2, 0.25) is 0 Å². The van der Waals surface area contributed by atoms with Crippen LogP contribution in [0.15, 0.2) is 0 Å². The van der Waals surface area contributed by atoms with Gasteiger partial charge in [0, 0.05) is 18.1 Å². The summed E-state index contributed by atoms with van der Waals surface area (Å²) in [5.74, 6) is 0. The van der Waals surface area contributed by atoms with Crippen LogP contribution in [0.4, 0.5) is 0 Å². The standard InChI is InChI=1S/C10H22N2/c1-4-7-10(2,11)8-12(3)9-5-6-9/h9H,4-8,11H2,1-3H3. The van der Waals surface area contributed by atoms with Gasteiger partial charge < -0.3 is 10.6 Å². The van der Waals surface area contributed by atoms with Gasteiger partial charge in [0.05, 0.1) is 0 Å². The van der Waals surface area contributed by atoms with E-state index < -0.39 is 0 Å². The highest BCUT2D eigenvalue weighted by Gasteiger charge is 2.30. The Kier molecular flexibility index (Phi) is 3.13. The van der Waals surface area contributed by atoms with Crippen LogP contribution in [-0.2, 0) is 0 Å². The summed E-state index contributed by atoms with van der Waals surface area (Å²) in [5, 5.41) is 0. The van der Waals surface area contributed by atoms with E-state index in [1.54, 1.807) is 0 Å². The maximum absolute atomic E-state index is 6.15. The summed E-state index contributed by atoms with van der Waals surface area (Å²) in [7, 11) is 2.19. The predicted molar refractivity (Wildman–Crippen MR) is 53.2 cm³/mol. The van der Waals surface area contributed by atoms with Gasteiger partial charge in [0.25, 0.3) is 0 Å². The third-order valence-electron chi connectivity index (χ3n) is 2.60. The predicted octanol–water partition coefficient (Wildman–Crippen LogP) is 1.60. The molecule has 0 heterocycles. The third-order valence-corrected chi connectivity index (χ3v) is 2.60. The number of hydrogen-bond acceptors (Lipinski definition) is 2. The lowest BCUT2D eigenvalue weighted by Crippen LogP contribution is -2.47. The fraction of sp³-hybridized carbons (Fsp3) is 1.00. The van der Waals surface area contributed by atoms with E-state index in [0.717, 1.165) is 19.0 Å². The molecule has 12 heavy (non-hydrogen) atoms. The highest BCUT2D eigenvalue weighted by molar-refractivity contribution is 4.88. The smallest absolute Gasteiger partial charge is 0.0254 e. The first kappa shape index (κ1) is 10.0. The summed E-state index contributed by atoms with van der Waals surface area (Å²) >= 11 is 0. The Labute approximate surface area is 76.1 Å². The summed E-state index contributed by atoms with van der Waals surface area (Å²) in [6, 6.07) is 0.838. The maximum Gasteiger partial charge on any atom is 0.0254 e. The van der Waals surface area contributed by atoms with E-state index in [-0.39, 0.29) is 5.54 Å². The molecule has 1 aliphatic rings. The molecule has 0 aromatic heterocycles. The largest absolute Gasteiger partial charge is 0.324 e. The topological polar surface area (TPSA) is 29.3 Å². The number of rotatable bonds is 5. The molecule has 1 fully saturated rings. The van der Waals surface area contributed by atoms with Crippen LogP contribution in [0.2, 0.25) is 0 Å². The lowest BCUT2D eigenvalue weighted by atomic mass is 9.97. The number of likely N-dealkylation sites (N-methyl/N-ethyl adjacent to an activating group) is 1. The van der Waals surface area contributed by atoms with Crippen LogP contribution in [0, 0.1) is 0 Å². The summed E-state index contributed by atoms with van der Waals surface area (Å²) in [4.78, 5) is 2.41. The summed E-state index contributed by atoms with van der Waals surface area (Å²) < 4.78 is 0. The molecule has 0 spiro atoms. The van der Waals surface area contributed by atoms with Crippen LogP contribution in [0.25, 0.3) is 0 Å². The highest BCUT2D eigenvalue weighted by atomic mass is 15.2. The first-order chi connectivity index (χ1) is 5.55. The molecule has 0 amide bonds. The van der Waals surface area contributed by atoms with Crippen LogP contribution in [-0.4, -0.2) is 30.1 Å². The van der Waals surface area contributed by atoms with Crippen molar-refractivity contribution in [1.82, 2.24) is 4.90 Å². The molecule has 1 rings (SSSR count). The average Bonchev–Trinajstić information content (AvgIpc) is 2.65. The molecule has 1 unspecified atom stereocenters. The van der Waals surface area contributed by atoms with Gasteiger partial charge in [-0.25, -0.2) is 0 Å². The van der Waals surface area contributed by atoms with Crippen molar-refractivity contribution in [2.75, 3.05) is 13.6 Å². The Balaban J connectivity index is 2.26. The van der Waals surface area contributed by atoms with Gasteiger partial charge in [-0.05, 0) is 33.2 Å². The molecule has 72 valence electrons. The molecule has 1 aliphatic carbocycles. The summed E-state index contributed by atoms with van der Waals surface area (Å²) in [6.07, 6.45) is 5.06. The van der Waals surface area contributed by atoms with Gasteiger partial charge in [-0.3, -0.25) is 0 Å². The molecule has 0 aromatic rings. The maximum atomic E-state index is 6.15. The number of nitrogens with two attached hydrogens (primary N) is 1. The molecule has 0 bridgehead atoms. The quantitative estimate of drug-likeness (QED) is 0.679. The SMILES string of the molecule is CCCC(C)(N)CN(C)C1CC1. The van der Waals surface area contributed by atoms with Crippen molar-refractivity contribution in [3.05, 3.63) is 0 Å². The van der Waals surface area contributed by atoms with E-state index in [4.69, 9.17) is 5.73 Å². The van der Waals surface area contributed by atoms with Gasteiger partial charge >= 0.3 is 0 Å². The van der Waals surface area contributed by atoms with Crippen molar-refractivity contribution in [3.8, 4) is 0 Å². The van der Waals surface area contributed by atoms with Crippen LogP contribution in [0.3, 0.4) is 0 Å². The Hall–Kier alpha value is -0.0800. The third kappa shape index (κ3) is 3.11. The Morgan fingerprint density at radius 1 is 1.50 bits per heavy atom. The Morgan fingerprint density at radius 3 is 2.50 bits per heavy atom. The van der Waals surface area contributed by atoms with E-state index in [1.165, 1.54) is 19.3 Å². The van der Waals surface area contributed by atoms with Crippen LogP contribution in [0.1, 0.15) is 39.5 Å². The molecular formula is C10H22N2. The fourth-order valence-electron chi connectivity index (χ4n) is 1.86. The van der Waals surface area contributed by atoms with Gasteiger partial charge in [-0.1, -0.05) is 13.3 Å². The van der Waals surface area contributed by atoms with Gasteiger partial charge in [-0.2, -0.15) is 0 Å². The second-order valence-electron chi connectivity index (χ2n) is 4.55.